The quantitative estimate of drug-likeness (QED) is 0.873. The van der Waals surface area contributed by atoms with Crippen molar-refractivity contribution in [2.75, 3.05) is 5.32 Å². The summed E-state index contributed by atoms with van der Waals surface area (Å²) in [5, 5.41) is 6.90. The fraction of sp³-hybridized carbons (Fsp3) is 0.182. The summed E-state index contributed by atoms with van der Waals surface area (Å²) < 4.78 is 0.612. The molecule has 0 bridgehead atoms. The van der Waals surface area contributed by atoms with Crippen molar-refractivity contribution in [1.29, 1.82) is 0 Å². The normalized spacial score (nSPS) is 14.8. The van der Waals surface area contributed by atoms with Gasteiger partial charge < -0.3 is 5.32 Å². The third-order valence-corrected chi connectivity index (χ3v) is 3.76. The molecule has 1 aromatic rings. The molecule has 0 spiro atoms. The van der Waals surface area contributed by atoms with E-state index in [1.807, 2.05) is 0 Å². The molecule has 1 heterocycles. The van der Waals surface area contributed by atoms with Crippen LogP contribution < -0.4 is 10.7 Å². The standard InChI is InChI=1S/C11H9BrClN3O2/c12-10-6(13)2-1-3-7(10)14-11(18)8-4-5-9(17)16-15-8/h1-3H,4-5H2,(H,14,18)(H,16,17). The lowest BCUT2D eigenvalue weighted by Gasteiger charge is -2.13. The first kappa shape index (κ1) is 13.0. The molecule has 18 heavy (non-hydrogen) atoms. The monoisotopic (exact) mass is 329 g/mol. The number of nitrogens with zero attached hydrogens (tertiary/aromatic N) is 1. The van der Waals surface area contributed by atoms with E-state index in [4.69, 9.17) is 11.6 Å². The predicted octanol–water partition coefficient (Wildman–Crippen LogP) is 2.31. The van der Waals surface area contributed by atoms with Gasteiger partial charge in [-0.05, 0) is 28.1 Å². The summed E-state index contributed by atoms with van der Waals surface area (Å²) in [6.45, 7) is 0. The Morgan fingerprint density at radius 2 is 2.22 bits per heavy atom. The van der Waals surface area contributed by atoms with Crippen LogP contribution in [0.2, 0.25) is 5.02 Å². The molecule has 0 aliphatic carbocycles. The van der Waals surface area contributed by atoms with Crippen LogP contribution in [0.3, 0.4) is 0 Å². The van der Waals surface area contributed by atoms with Gasteiger partial charge in [0.2, 0.25) is 5.91 Å². The summed E-state index contributed by atoms with van der Waals surface area (Å²) in [4.78, 5) is 22.8. The molecule has 0 saturated carbocycles. The molecule has 2 rings (SSSR count). The number of benzene rings is 1. The minimum atomic E-state index is -0.349. The Bertz CT molecular complexity index is 545. The van der Waals surface area contributed by atoms with Crippen molar-refractivity contribution >= 4 is 50.7 Å². The minimum absolute atomic E-state index is 0.185. The Kier molecular flexibility index (Phi) is 3.98. The Morgan fingerprint density at radius 3 is 2.89 bits per heavy atom. The van der Waals surface area contributed by atoms with Gasteiger partial charge >= 0.3 is 0 Å². The first-order valence-electron chi connectivity index (χ1n) is 5.18. The smallest absolute Gasteiger partial charge is 0.271 e. The number of carbonyl (C=O) groups is 2. The summed E-state index contributed by atoms with van der Waals surface area (Å²) in [7, 11) is 0. The number of rotatable bonds is 2. The van der Waals surface area contributed by atoms with E-state index < -0.39 is 0 Å². The highest BCUT2D eigenvalue weighted by Crippen LogP contribution is 2.30. The molecule has 0 radical (unpaired) electrons. The topological polar surface area (TPSA) is 70.6 Å². The van der Waals surface area contributed by atoms with E-state index in [2.05, 4.69) is 31.8 Å². The maximum Gasteiger partial charge on any atom is 0.271 e. The summed E-state index contributed by atoms with van der Waals surface area (Å²) in [6.07, 6.45) is 0.596. The zero-order chi connectivity index (χ0) is 13.1. The fourth-order valence-corrected chi connectivity index (χ4v) is 1.97. The van der Waals surface area contributed by atoms with E-state index in [-0.39, 0.29) is 18.2 Å². The van der Waals surface area contributed by atoms with Crippen LogP contribution in [0.1, 0.15) is 12.8 Å². The van der Waals surface area contributed by atoms with Crippen molar-refractivity contribution in [1.82, 2.24) is 5.43 Å². The molecule has 2 N–H and O–H groups in total. The summed E-state index contributed by atoms with van der Waals surface area (Å²) in [5.41, 5.74) is 3.13. The van der Waals surface area contributed by atoms with Gasteiger partial charge in [0.25, 0.3) is 5.91 Å². The molecule has 1 aromatic carbocycles. The molecular weight excluding hydrogens is 321 g/mol. The van der Waals surface area contributed by atoms with Gasteiger partial charge in [-0.15, -0.1) is 0 Å². The van der Waals surface area contributed by atoms with Crippen LogP contribution in [0, 0.1) is 0 Å². The predicted molar refractivity (Wildman–Crippen MR) is 72.6 cm³/mol. The van der Waals surface area contributed by atoms with Crippen molar-refractivity contribution in [3.05, 3.63) is 27.7 Å². The SMILES string of the molecule is O=C1CCC(C(=O)Nc2cccc(Cl)c2Br)=NN1. The third-order valence-electron chi connectivity index (χ3n) is 2.37. The first-order chi connectivity index (χ1) is 8.58. The Balaban J connectivity index is 2.12. The van der Waals surface area contributed by atoms with Crippen molar-refractivity contribution < 1.29 is 9.59 Å². The van der Waals surface area contributed by atoms with E-state index >= 15 is 0 Å². The molecule has 0 unspecified atom stereocenters. The highest BCUT2D eigenvalue weighted by molar-refractivity contribution is 9.10. The lowest BCUT2D eigenvalue weighted by Crippen LogP contribution is -2.32. The average molecular weight is 331 g/mol. The van der Waals surface area contributed by atoms with Gasteiger partial charge in [-0.3, -0.25) is 9.59 Å². The molecule has 5 nitrogen and oxygen atoms in total. The van der Waals surface area contributed by atoms with Crippen LogP contribution in [0.4, 0.5) is 5.69 Å². The van der Waals surface area contributed by atoms with Crippen LogP contribution in [0.15, 0.2) is 27.8 Å². The molecule has 2 amide bonds. The van der Waals surface area contributed by atoms with Gasteiger partial charge in [0, 0.05) is 12.8 Å². The molecule has 0 aromatic heterocycles. The highest BCUT2D eigenvalue weighted by Gasteiger charge is 2.19. The number of hydrogen-bond donors (Lipinski definition) is 2. The van der Waals surface area contributed by atoms with Crippen molar-refractivity contribution in [2.24, 2.45) is 5.10 Å². The van der Waals surface area contributed by atoms with E-state index in [1.54, 1.807) is 18.2 Å². The van der Waals surface area contributed by atoms with Crippen molar-refractivity contribution in [3.8, 4) is 0 Å². The van der Waals surface area contributed by atoms with Gasteiger partial charge in [0.05, 0.1) is 15.2 Å². The van der Waals surface area contributed by atoms with Crippen LogP contribution in [0.25, 0.3) is 0 Å². The van der Waals surface area contributed by atoms with Gasteiger partial charge in [-0.25, -0.2) is 5.43 Å². The number of hydrazone groups is 1. The van der Waals surface area contributed by atoms with Gasteiger partial charge in [-0.1, -0.05) is 17.7 Å². The Labute approximate surface area is 117 Å². The second kappa shape index (κ2) is 5.49. The third kappa shape index (κ3) is 2.88. The number of carbonyl (C=O) groups excluding carboxylic acids is 2. The lowest BCUT2D eigenvalue weighted by molar-refractivity contribution is -0.121. The van der Waals surface area contributed by atoms with E-state index in [1.165, 1.54) is 0 Å². The van der Waals surface area contributed by atoms with E-state index in [9.17, 15) is 9.59 Å². The maximum atomic E-state index is 11.9. The Hall–Kier alpha value is -1.40. The Morgan fingerprint density at radius 1 is 1.44 bits per heavy atom. The first-order valence-corrected chi connectivity index (χ1v) is 6.36. The number of hydrogen-bond acceptors (Lipinski definition) is 3. The minimum Gasteiger partial charge on any atom is -0.320 e. The molecule has 1 aliphatic heterocycles. The molecule has 7 heteroatoms. The second-order valence-electron chi connectivity index (χ2n) is 3.65. The lowest BCUT2D eigenvalue weighted by atomic mass is 10.1. The molecule has 0 atom stereocenters. The zero-order valence-corrected chi connectivity index (χ0v) is 11.5. The van der Waals surface area contributed by atoms with Crippen molar-refractivity contribution in [3.63, 3.8) is 0 Å². The summed E-state index contributed by atoms with van der Waals surface area (Å²) in [6, 6.07) is 5.16. The fourth-order valence-electron chi connectivity index (χ4n) is 1.43. The maximum absolute atomic E-state index is 11.9. The molecule has 0 saturated heterocycles. The summed E-state index contributed by atoms with van der Waals surface area (Å²) >= 11 is 9.20. The summed E-state index contributed by atoms with van der Waals surface area (Å²) in [5.74, 6) is -0.534. The average Bonchev–Trinajstić information content (AvgIpc) is 2.36. The second-order valence-corrected chi connectivity index (χ2v) is 4.85. The molecule has 1 aliphatic rings. The van der Waals surface area contributed by atoms with Crippen LogP contribution in [-0.2, 0) is 9.59 Å². The number of anilines is 1. The van der Waals surface area contributed by atoms with Gasteiger partial charge in [0.15, 0.2) is 0 Å². The molecule has 0 fully saturated rings. The van der Waals surface area contributed by atoms with Crippen LogP contribution in [0.5, 0.6) is 0 Å². The highest BCUT2D eigenvalue weighted by atomic mass is 79.9. The largest absolute Gasteiger partial charge is 0.320 e. The van der Waals surface area contributed by atoms with Crippen molar-refractivity contribution in [2.45, 2.75) is 12.8 Å². The van der Waals surface area contributed by atoms with Crippen LogP contribution in [-0.4, -0.2) is 17.5 Å². The van der Waals surface area contributed by atoms with E-state index in [0.29, 0.717) is 27.3 Å². The number of amides is 2. The van der Waals surface area contributed by atoms with Gasteiger partial charge in [-0.2, -0.15) is 5.10 Å². The zero-order valence-electron chi connectivity index (χ0n) is 9.17. The van der Waals surface area contributed by atoms with Crippen LogP contribution >= 0.6 is 27.5 Å². The number of nitrogens with one attached hydrogen (secondary N) is 2. The number of halogens is 2. The van der Waals surface area contributed by atoms with Gasteiger partial charge in [0.1, 0.15) is 5.71 Å². The molecule has 94 valence electrons. The van der Waals surface area contributed by atoms with E-state index in [0.717, 1.165) is 0 Å². The molecular formula is C11H9BrClN3O2.